The van der Waals surface area contributed by atoms with Gasteiger partial charge in [0.25, 0.3) is 0 Å². The first-order valence-electron chi connectivity index (χ1n) is 5.64. The zero-order valence-corrected chi connectivity index (χ0v) is 10.1. The molecule has 5 heteroatoms. The van der Waals surface area contributed by atoms with Gasteiger partial charge in [-0.2, -0.15) is 0 Å². The molecule has 0 saturated heterocycles. The predicted molar refractivity (Wildman–Crippen MR) is 68.4 cm³/mol. The molecule has 0 aromatic heterocycles. The van der Waals surface area contributed by atoms with Crippen molar-refractivity contribution in [3.8, 4) is 11.1 Å². The standard InChI is InChI=1S/C15H9F3O2/c16-12-3-1-2-11(15(12)18)10-5-4-9(13(17)8-10)6-7-14(19)20/h1-8H,(H,19,20)/b7-6+. The summed E-state index contributed by atoms with van der Waals surface area (Å²) in [7, 11) is 0. The van der Waals surface area contributed by atoms with Crippen LogP contribution in [0.15, 0.2) is 42.5 Å². The smallest absolute Gasteiger partial charge is 0.328 e. The minimum Gasteiger partial charge on any atom is -0.478 e. The number of hydrogen-bond acceptors (Lipinski definition) is 1. The zero-order valence-electron chi connectivity index (χ0n) is 10.1. The largest absolute Gasteiger partial charge is 0.478 e. The Labute approximate surface area is 112 Å². The maximum absolute atomic E-state index is 13.8. The van der Waals surface area contributed by atoms with E-state index in [1.165, 1.54) is 24.3 Å². The van der Waals surface area contributed by atoms with Crippen LogP contribution < -0.4 is 0 Å². The normalized spacial score (nSPS) is 10.9. The zero-order chi connectivity index (χ0) is 14.7. The summed E-state index contributed by atoms with van der Waals surface area (Å²) in [6.07, 6.45) is 1.88. The van der Waals surface area contributed by atoms with Crippen molar-refractivity contribution in [2.75, 3.05) is 0 Å². The summed E-state index contributed by atoms with van der Waals surface area (Å²) in [6.45, 7) is 0. The summed E-state index contributed by atoms with van der Waals surface area (Å²) in [5.74, 6) is -3.99. The highest BCUT2D eigenvalue weighted by Gasteiger charge is 2.11. The fourth-order valence-corrected chi connectivity index (χ4v) is 1.72. The molecule has 2 rings (SSSR count). The first-order valence-corrected chi connectivity index (χ1v) is 5.64. The molecule has 20 heavy (non-hydrogen) atoms. The van der Waals surface area contributed by atoms with E-state index in [9.17, 15) is 18.0 Å². The number of carbonyl (C=O) groups is 1. The van der Waals surface area contributed by atoms with E-state index in [-0.39, 0.29) is 16.7 Å². The van der Waals surface area contributed by atoms with Crippen LogP contribution in [0.4, 0.5) is 13.2 Å². The van der Waals surface area contributed by atoms with Gasteiger partial charge in [-0.05, 0) is 23.8 Å². The third-order valence-corrected chi connectivity index (χ3v) is 2.67. The van der Waals surface area contributed by atoms with Crippen LogP contribution in [0.25, 0.3) is 17.2 Å². The van der Waals surface area contributed by atoms with Crippen molar-refractivity contribution in [1.82, 2.24) is 0 Å². The summed E-state index contributed by atoms with van der Waals surface area (Å²) < 4.78 is 40.5. The lowest BCUT2D eigenvalue weighted by molar-refractivity contribution is -0.131. The van der Waals surface area contributed by atoms with Gasteiger partial charge in [-0.3, -0.25) is 0 Å². The molecule has 2 aromatic rings. The highest BCUT2D eigenvalue weighted by Crippen LogP contribution is 2.26. The van der Waals surface area contributed by atoms with Crippen LogP contribution in [0.3, 0.4) is 0 Å². The second-order valence-corrected chi connectivity index (χ2v) is 4.01. The molecule has 0 heterocycles. The summed E-state index contributed by atoms with van der Waals surface area (Å²) in [6, 6.07) is 7.35. The van der Waals surface area contributed by atoms with Crippen molar-refractivity contribution in [2.24, 2.45) is 0 Å². The lowest BCUT2D eigenvalue weighted by Crippen LogP contribution is -1.92. The highest BCUT2D eigenvalue weighted by molar-refractivity contribution is 5.85. The molecule has 102 valence electrons. The van der Waals surface area contributed by atoms with Crippen molar-refractivity contribution < 1.29 is 23.1 Å². The minimum atomic E-state index is -1.20. The Hall–Kier alpha value is -2.56. The number of carboxylic acid groups (broad SMARTS) is 1. The fourth-order valence-electron chi connectivity index (χ4n) is 1.72. The molecule has 2 aromatic carbocycles. The van der Waals surface area contributed by atoms with E-state index >= 15 is 0 Å². The maximum Gasteiger partial charge on any atom is 0.328 e. The SMILES string of the molecule is O=C(O)/C=C/c1ccc(-c2cccc(F)c2F)cc1F. The molecule has 1 N–H and O–H groups in total. The molecule has 0 spiro atoms. The number of aliphatic carboxylic acids is 1. The van der Waals surface area contributed by atoms with Gasteiger partial charge < -0.3 is 5.11 Å². The Morgan fingerprint density at radius 2 is 1.80 bits per heavy atom. The average molecular weight is 278 g/mol. The number of benzene rings is 2. The van der Waals surface area contributed by atoms with Crippen molar-refractivity contribution in [3.05, 3.63) is 65.5 Å². The molecular formula is C15H9F3O2. The summed E-state index contributed by atoms with van der Waals surface area (Å²) in [5.41, 5.74) is 0.164. The summed E-state index contributed by atoms with van der Waals surface area (Å²) in [4.78, 5) is 10.4. The molecule has 0 fully saturated rings. The van der Waals surface area contributed by atoms with E-state index in [1.54, 1.807) is 0 Å². The Morgan fingerprint density at radius 3 is 2.45 bits per heavy atom. The van der Waals surface area contributed by atoms with E-state index in [2.05, 4.69) is 0 Å². The average Bonchev–Trinajstić information content (AvgIpc) is 2.40. The number of rotatable bonds is 3. The molecule has 0 aliphatic carbocycles. The van der Waals surface area contributed by atoms with Crippen molar-refractivity contribution in [3.63, 3.8) is 0 Å². The van der Waals surface area contributed by atoms with Gasteiger partial charge in [-0.15, -0.1) is 0 Å². The van der Waals surface area contributed by atoms with Gasteiger partial charge in [0.1, 0.15) is 5.82 Å². The van der Waals surface area contributed by atoms with E-state index in [1.807, 2.05) is 0 Å². The van der Waals surface area contributed by atoms with E-state index < -0.39 is 23.4 Å². The molecule has 0 radical (unpaired) electrons. The second-order valence-electron chi connectivity index (χ2n) is 4.01. The van der Waals surface area contributed by atoms with Crippen LogP contribution in [0.1, 0.15) is 5.56 Å². The van der Waals surface area contributed by atoms with Crippen molar-refractivity contribution >= 4 is 12.0 Å². The molecule has 0 aliphatic rings. The molecular weight excluding hydrogens is 269 g/mol. The van der Waals surface area contributed by atoms with Crippen molar-refractivity contribution in [1.29, 1.82) is 0 Å². The third-order valence-electron chi connectivity index (χ3n) is 2.67. The molecule has 0 amide bonds. The Bertz CT molecular complexity index is 694. The second kappa shape index (κ2) is 5.61. The lowest BCUT2D eigenvalue weighted by atomic mass is 10.0. The third kappa shape index (κ3) is 2.88. The topological polar surface area (TPSA) is 37.3 Å². The molecule has 2 nitrogen and oxygen atoms in total. The van der Waals surface area contributed by atoms with E-state index in [4.69, 9.17) is 5.11 Å². The Balaban J connectivity index is 2.43. The van der Waals surface area contributed by atoms with Crippen LogP contribution in [0.5, 0.6) is 0 Å². The summed E-state index contributed by atoms with van der Waals surface area (Å²) in [5, 5.41) is 8.46. The van der Waals surface area contributed by atoms with Gasteiger partial charge in [0.05, 0.1) is 0 Å². The number of halogens is 3. The van der Waals surface area contributed by atoms with Crippen LogP contribution >= 0.6 is 0 Å². The van der Waals surface area contributed by atoms with E-state index in [0.717, 1.165) is 24.3 Å². The highest BCUT2D eigenvalue weighted by atomic mass is 19.2. The minimum absolute atomic E-state index is 0.0490. The number of hydrogen-bond donors (Lipinski definition) is 1. The first-order chi connectivity index (χ1) is 9.49. The van der Waals surface area contributed by atoms with Gasteiger partial charge in [0.2, 0.25) is 0 Å². The molecule has 0 saturated carbocycles. The van der Waals surface area contributed by atoms with Crippen LogP contribution in [-0.4, -0.2) is 11.1 Å². The molecule has 0 bridgehead atoms. The lowest BCUT2D eigenvalue weighted by Gasteiger charge is -2.05. The molecule has 0 unspecified atom stereocenters. The number of carboxylic acids is 1. The quantitative estimate of drug-likeness (QED) is 0.865. The van der Waals surface area contributed by atoms with Crippen molar-refractivity contribution in [2.45, 2.75) is 0 Å². The predicted octanol–water partition coefficient (Wildman–Crippen LogP) is 3.87. The van der Waals surface area contributed by atoms with Crippen LogP contribution in [0, 0.1) is 17.5 Å². The molecule has 0 aliphatic heterocycles. The maximum atomic E-state index is 13.8. The van der Waals surface area contributed by atoms with Crippen LogP contribution in [-0.2, 0) is 4.79 Å². The summed E-state index contributed by atoms with van der Waals surface area (Å²) >= 11 is 0. The van der Waals surface area contributed by atoms with Crippen LogP contribution in [0.2, 0.25) is 0 Å². The monoisotopic (exact) mass is 278 g/mol. The van der Waals surface area contributed by atoms with Gasteiger partial charge in [-0.1, -0.05) is 24.3 Å². The van der Waals surface area contributed by atoms with E-state index in [0.29, 0.717) is 0 Å². The Morgan fingerprint density at radius 1 is 1.05 bits per heavy atom. The van der Waals surface area contributed by atoms with Gasteiger partial charge >= 0.3 is 5.97 Å². The van der Waals surface area contributed by atoms with Gasteiger partial charge in [0, 0.05) is 17.2 Å². The Kier molecular flexibility index (Phi) is 3.89. The fraction of sp³-hybridized carbons (Fsp3) is 0. The van der Waals surface area contributed by atoms with Gasteiger partial charge in [-0.25, -0.2) is 18.0 Å². The van der Waals surface area contributed by atoms with Gasteiger partial charge in [0.15, 0.2) is 11.6 Å². The first kappa shape index (κ1) is 13.9. The molecule has 0 atom stereocenters.